The molecular formula is C18H28BrN3O6. The van der Waals surface area contributed by atoms with Crippen LogP contribution >= 0.6 is 15.9 Å². The van der Waals surface area contributed by atoms with Crippen LogP contribution in [0.3, 0.4) is 0 Å². The molecule has 10 heteroatoms. The molecule has 0 saturated heterocycles. The van der Waals surface area contributed by atoms with Crippen LogP contribution in [-0.4, -0.2) is 53.2 Å². The molecule has 9 nitrogen and oxygen atoms in total. The van der Waals surface area contributed by atoms with Crippen LogP contribution in [0.5, 0.6) is 0 Å². The molecule has 1 N–H and O–H groups in total. The van der Waals surface area contributed by atoms with Crippen molar-refractivity contribution in [3.63, 3.8) is 0 Å². The number of halogens is 1. The van der Waals surface area contributed by atoms with Crippen molar-refractivity contribution >= 4 is 34.0 Å². The van der Waals surface area contributed by atoms with Gasteiger partial charge < -0.3 is 19.5 Å². The standard InChI is InChI=1S/C18H28BrN3O6/c1-7-27-16(24)14-11(2)15(19)21-22(14)10-12(8-9-13(23)26-6)20-17(25)28-18(3,4)5/h12H,7-10H2,1-6H3,(H,20,25)/t12-/m0/s1. The molecule has 0 spiro atoms. The van der Waals surface area contributed by atoms with Crippen molar-refractivity contribution in [1.82, 2.24) is 15.1 Å². The number of methoxy groups -OCH3 is 1. The lowest BCUT2D eigenvalue weighted by Crippen LogP contribution is -2.42. The lowest BCUT2D eigenvalue weighted by Gasteiger charge is -2.24. The Morgan fingerprint density at radius 3 is 2.46 bits per heavy atom. The van der Waals surface area contributed by atoms with E-state index in [1.54, 1.807) is 34.6 Å². The van der Waals surface area contributed by atoms with Crippen molar-refractivity contribution in [2.24, 2.45) is 0 Å². The summed E-state index contributed by atoms with van der Waals surface area (Å²) in [6, 6.07) is -0.520. The van der Waals surface area contributed by atoms with Gasteiger partial charge in [0.25, 0.3) is 0 Å². The van der Waals surface area contributed by atoms with Gasteiger partial charge in [-0.1, -0.05) is 0 Å². The number of nitrogens with zero attached hydrogens (tertiary/aromatic N) is 2. The average Bonchev–Trinajstić information content (AvgIpc) is 2.84. The Bertz CT molecular complexity index is 711. The van der Waals surface area contributed by atoms with Crippen molar-refractivity contribution in [2.75, 3.05) is 13.7 Å². The molecule has 0 radical (unpaired) electrons. The number of amides is 1. The summed E-state index contributed by atoms with van der Waals surface area (Å²) < 4.78 is 17.0. The van der Waals surface area contributed by atoms with Crippen LogP contribution < -0.4 is 5.32 Å². The van der Waals surface area contributed by atoms with Crippen LogP contribution in [-0.2, 0) is 25.5 Å². The summed E-state index contributed by atoms with van der Waals surface area (Å²) in [6.45, 7) is 9.09. The summed E-state index contributed by atoms with van der Waals surface area (Å²) in [5.74, 6) is -0.915. The average molecular weight is 462 g/mol. The summed E-state index contributed by atoms with van der Waals surface area (Å²) in [5.41, 5.74) is 0.239. The predicted octanol–water partition coefficient (Wildman–Crippen LogP) is 2.98. The number of alkyl carbamates (subject to hydrolysis) is 1. The monoisotopic (exact) mass is 461 g/mol. The first-order chi connectivity index (χ1) is 13.0. The Labute approximate surface area is 173 Å². The molecule has 0 fully saturated rings. The molecule has 1 heterocycles. The fourth-order valence-electron chi connectivity index (χ4n) is 2.40. The molecule has 0 aromatic carbocycles. The predicted molar refractivity (Wildman–Crippen MR) is 105 cm³/mol. The lowest BCUT2D eigenvalue weighted by atomic mass is 10.1. The van der Waals surface area contributed by atoms with E-state index < -0.39 is 29.7 Å². The van der Waals surface area contributed by atoms with Crippen molar-refractivity contribution < 1.29 is 28.6 Å². The molecule has 0 aliphatic carbocycles. The minimum atomic E-state index is -0.668. The van der Waals surface area contributed by atoms with Gasteiger partial charge in [0, 0.05) is 12.0 Å². The SMILES string of the molecule is CCOC(=O)c1c(C)c(Br)nn1C[C@H](CCC(=O)OC)NC(=O)OC(C)(C)C. The summed E-state index contributed by atoms with van der Waals surface area (Å²) in [4.78, 5) is 36.0. The molecule has 0 unspecified atom stereocenters. The molecule has 0 saturated carbocycles. The van der Waals surface area contributed by atoms with Gasteiger partial charge >= 0.3 is 18.0 Å². The molecule has 0 aliphatic heterocycles. The highest BCUT2D eigenvalue weighted by Gasteiger charge is 2.25. The van der Waals surface area contributed by atoms with E-state index in [4.69, 9.17) is 9.47 Å². The van der Waals surface area contributed by atoms with E-state index in [1.807, 2.05) is 0 Å². The summed E-state index contributed by atoms with van der Waals surface area (Å²) >= 11 is 3.31. The zero-order valence-corrected chi connectivity index (χ0v) is 18.7. The fraction of sp³-hybridized carbons (Fsp3) is 0.667. The van der Waals surface area contributed by atoms with Crippen LogP contribution in [0, 0.1) is 6.92 Å². The van der Waals surface area contributed by atoms with Gasteiger partial charge in [-0.25, -0.2) is 9.59 Å². The van der Waals surface area contributed by atoms with Gasteiger partial charge in [-0.05, 0) is 57.0 Å². The van der Waals surface area contributed by atoms with E-state index >= 15 is 0 Å². The summed E-state index contributed by atoms with van der Waals surface area (Å²) in [6.07, 6.45) is -0.249. The molecule has 1 aromatic heterocycles. The molecule has 28 heavy (non-hydrogen) atoms. The van der Waals surface area contributed by atoms with Gasteiger partial charge in [0.15, 0.2) is 5.69 Å². The second-order valence-electron chi connectivity index (χ2n) is 7.12. The zero-order valence-electron chi connectivity index (χ0n) is 17.1. The van der Waals surface area contributed by atoms with Gasteiger partial charge in [-0.2, -0.15) is 5.10 Å². The topological polar surface area (TPSA) is 109 Å². The number of ether oxygens (including phenoxy) is 3. The van der Waals surface area contributed by atoms with Crippen LogP contribution in [0.15, 0.2) is 4.60 Å². The molecule has 158 valence electrons. The van der Waals surface area contributed by atoms with Crippen molar-refractivity contribution in [3.05, 3.63) is 15.9 Å². The van der Waals surface area contributed by atoms with E-state index in [2.05, 4.69) is 31.1 Å². The van der Waals surface area contributed by atoms with Crippen LogP contribution in [0.2, 0.25) is 0 Å². The van der Waals surface area contributed by atoms with Gasteiger partial charge in [-0.3, -0.25) is 9.48 Å². The van der Waals surface area contributed by atoms with E-state index in [-0.39, 0.29) is 31.7 Å². The molecular weight excluding hydrogens is 434 g/mol. The first-order valence-electron chi connectivity index (χ1n) is 8.94. The van der Waals surface area contributed by atoms with E-state index in [9.17, 15) is 14.4 Å². The van der Waals surface area contributed by atoms with Gasteiger partial charge in [0.1, 0.15) is 10.2 Å². The molecule has 1 rings (SSSR count). The Morgan fingerprint density at radius 2 is 1.93 bits per heavy atom. The Hall–Kier alpha value is -2.10. The molecule has 1 aromatic rings. The summed E-state index contributed by atoms with van der Waals surface area (Å²) in [5, 5.41) is 7.04. The summed E-state index contributed by atoms with van der Waals surface area (Å²) in [7, 11) is 1.30. The number of carbonyl (C=O) groups is 3. The number of nitrogens with one attached hydrogen (secondary N) is 1. The van der Waals surface area contributed by atoms with Crippen molar-refractivity contribution in [2.45, 2.75) is 65.6 Å². The second kappa shape index (κ2) is 10.4. The number of rotatable bonds is 8. The molecule has 1 amide bonds. The zero-order chi connectivity index (χ0) is 21.5. The maximum atomic E-state index is 12.3. The first-order valence-corrected chi connectivity index (χ1v) is 9.74. The normalized spacial score (nSPS) is 12.2. The number of esters is 2. The van der Waals surface area contributed by atoms with E-state index in [0.717, 1.165) is 0 Å². The third kappa shape index (κ3) is 7.49. The minimum absolute atomic E-state index is 0.0904. The minimum Gasteiger partial charge on any atom is -0.469 e. The first kappa shape index (κ1) is 23.9. The Kier molecular flexibility index (Phi) is 8.93. The highest BCUT2D eigenvalue weighted by Crippen LogP contribution is 2.21. The maximum Gasteiger partial charge on any atom is 0.407 e. The van der Waals surface area contributed by atoms with Crippen LogP contribution in [0.1, 0.15) is 56.6 Å². The highest BCUT2D eigenvalue weighted by atomic mass is 79.9. The van der Waals surface area contributed by atoms with Gasteiger partial charge in [0.05, 0.1) is 26.3 Å². The van der Waals surface area contributed by atoms with Gasteiger partial charge in [0.2, 0.25) is 0 Å². The Morgan fingerprint density at radius 1 is 1.29 bits per heavy atom. The molecule has 0 aliphatic rings. The number of carbonyl (C=O) groups excluding carboxylic acids is 3. The quantitative estimate of drug-likeness (QED) is 0.467. The fourth-order valence-corrected chi connectivity index (χ4v) is 2.78. The van der Waals surface area contributed by atoms with Crippen LogP contribution in [0.4, 0.5) is 4.79 Å². The third-order valence-electron chi connectivity index (χ3n) is 3.64. The number of aromatic nitrogens is 2. The number of hydrogen-bond donors (Lipinski definition) is 1. The third-order valence-corrected chi connectivity index (χ3v) is 4.39. The molecule has 0 bridgehead atoms. The number of hydrogen-bond acceptors (Lipinski definition) is 7. The van der Waals surface area contributed by atoms with Crippen molar-refractivity contribution in [1.29, 1.82) is 0 Å². The van der Waals surface area contributed by atoms with E-state index in [0.29, 0.717) is 10.2 Å². The smallest absolute Gasteiger partial charge is 0.407 e. The van der Waals surface area contributed by atoms with Gasteiger partial charge in [-0.15, -0.1) is 0 Å². The second-order valence-corrected chi connectivity index (χ2v) is 7.88. The lowest BCUT2D eigenvalue weighted by molar-refractivity contribution is -0.140. The largest absolute Gasteiger partial charge is 0.469 e. The maximum absolute atomic E-state index is 12.3. The van der Waals surface area contributed by atoms with E-state index in [1.165, 1.54) is 11.8 Å². The van der Waals surface area contributed by atoms with Crippen molar-refractivity contribution in [3.8, 4) is 0 Å². The van der Waals surface area contributed by atoms with Crippen LogP contribution in [0.25, 0.3) is 0 Å². The Balaban J connectivity index is 3.05. The molecule has 1 atom stereocenters. The highest BCUT2D eigenvalue weighted by molar-refractivity contribution is 9.10.